The number of hydrogen-bond acceptors (Lipinski definition) is 5. The van der Waals surface area contributed by atoms with Crippen molar-refractivity contribution in [3.63, 3.8) is 0 Å². The van der Waals surface area contributed by atoms with Crippen LogP contribution in [-0.4, -0.2) is 74.0 Å². The fourth-order valence-corrected chi connectivity index (χ4v) is 2.93. The SMILES string of the molecule is COc1ccc(C(=O)NCCN2CCN(C(=O)[C@@H](N)C(C)(C)C)CC2)cc1. The Labute approximate surface area is 161 Å². The van der Waals surface area contributed by atoms with Gasteiger partial charge in [0.1, 0.15) is 5.75 Å². The third kappa shape index (κ3) is 5.94. The van der Waals surface area contributed by atoms with Gasteiger partial charge in [-0.05, 0) is 29.7 Å². The molecule has 1 heterocycles. The minimum absolute atomic E-state index is 0.0231. The molecule has 2 amide bonds. The average molecular weight is 377 g/mol. The van der Waals surface area contributed by atoms with Gasteiger partial charge in [-0.3, -0.25) is 14.5 Å². The number of piperazine rings is 1. The molecular weight excluding hydrogens is 344 g/mol. The highest BCUT2D eigenvalue weighted by molar-refractivity contribution is 5.94. The molecule has 1 aromatic carbocycles. The van der Waals surface area contributed by atoms with Crippen LogP contribution in [0, 0.1) is 5.41 Å². The van der Waals surface area contributed by atoms with Crippen molar-refractivity contribution in [2.24, 2.45) is 11.1 Å². The maximum Gasteiger partial charge on any atom is 0.251 e. The second-order valence-corrected chi connectivity index (χ2v) is 8.00. The second kappa shape index (κ2) is 9.19. The molecule has 150 valence electrons. The van der Waals surface area contributed by atoms with E-state index < -0.39 is 6.04 Å². The Balaban J connectivity index is 1.71. The molecule has 1 fully saturated rings. The molecule has 0 saturated carbocycles. The normalized spacial score (nSPS) is 16.7. The zero-order chi connectivity index (χ0) is 20.0. The van der Waals surface area contributed by atoms with Crippen LogP contribution in [0.25, 0.3) is 0 Å². The van der Waals surface area contributed by atoms with Gasteiger partial charge in [-0.2, -0.15) is 0 Å². The van der Waals surface area contributed by atoms with Gasteiger partial charge in [0.15, 0.2) is 0 Å². The van der Waals surface area contributed by atoms with E-state index in [4.69, 9.17) is 10.5 Å². The molecule has 0 aliphatic carbocycles. The molecule has 1 saturated heterocycles. The maximum atomic E-state index is 12.5. The molecule has 0 bridgehead atoms. The lowest BCUT2D eigenvalue weighted by atomic mass is 9.86. The quantitative estimate of drug-likeness (QED) is 0.772. The molecule has 1 aliphatic heterocycles. The number of nitrogens with zero attached hydrogens (tertiary/aromatic N) is 2. The number of nitrogens with two attached hydrogens (primary N) is 1. The van der Waals surface area contributed by atoms with Crippen LogP contribution in [0.5, 0.6) is 5.75 Å². The van der Waals surface area contributed by atoms with Gasteiger partial charge in [0.2, 0.25) is 5.91 Å². The fourth-order valence-electron chi connectivity index (χ4n) is 2.93. The highest BCUT2D eigenvalue weighted by atomic mass is 16.5. The standard InChI is InChI=1S/C20H32N4O3/c1-20(2,3)17(21)19(26)24-13-11-23(12-14-24)10-9-22-18(25)15-5-7-16(27-4)8-6-15/h5-8,17H,9-14,21H2,1-4H3,(H,22,25)/t17-/m1/s1. The van der Waals surface area contributed by atoms with Crippen LogP contribution in [-0.2, 0) is 4.79 Å². The lowest BCUT2D eigenvalue weighted by molar-refractivity contribution is -0.136. The summed E-state index contributed by atoms with van der Waals surface area (Å²) in [4.78, 5) is 28.7. The number of carbonyl (C=O) groups is 2. The van der Waals surface area contributed by atoms with E-state index in [9.17, 15) is 9.59 Å². The average Bonchev–Trinajstić information content (AvgIpc) is 2.66. The smallest absolute Gasteiger partial charge is 0.251 e. The molecule has 7 heteroatoms. The van der Waals surface area contributed by atoms with E-state index in [0.29, 0.717) is 25.2 Å². The number of carbonyl (C=O) groups excluding carboxylic acids is 2. The topological polar surface area (TPSA) is 87.9 Å². The summed E-state index contributed by atoms with van der Waals surface area (Å²) in [5.74, 6) is 0.655. The molecule has 3 N–H and O–H groups in total. The highest BCUT2D eigenvalue weighted by Gasteiger charge is 2.32. The predicted octanol–water partition coefficient (Wildman–Crippen LogP) is 0.943. The van der Waals surface area contributed by atoms with Crippen molar-refractivity contribution in [3.8, 4) is 5.75 Å². The van der Waals surface area contributed by atoms with Crippen molar-refractivity contribution in [2.75, 3.05) is 46.4 Å². The summed E-state index contributed by atoms with van der Waals surface area (Å²) in [6.07, 6.45) is 0. The van der Waals surface area contributed by atoms with Crippen LogP contribution < -0.4 is 15.8 Å². The third-order valence-corrected chi connectivity index (χ3v) is 4.95. The molecule has 1 atom stereocenters. The Morgan fingerprint density at radius 1 is 1.15 bits per heavy atom. The van der Waals surface area contributed by atoms with Gasteiger partial charge in [0, 0.05) is 44.8 Å². The molecule has 0 spiro atoms. The minimum Gasteiger partial charge on any atom is -0.497 e. The summed E-state index contributed by atoms with van der Waals surface area (Å²) >= 11 is 0. The van der Waals surface area contributed by atoms with Crippen molar-refractivity contribution in [1.29, 1.82) is 0 Å². The molecular formula is C20H32N4O3. The maximum absolute atomic E-state index is 12.5. The number of methoxy groups -OCH3 is 1. The fraction of sp³-hybridized carbons (Fsp3) is 0.600. The van der Waals surface area contributed by atoms with Gasteiger partial charge < -0.3 is 20.7 Å². The van der Waals surface area contributed by atoms with E-state index in [-0.39, 0.29) is 17.2 Å². The number of hydrogen-bond donors (Lipinski definition) is 2. The van der Waals surface area contributed by atoms with Crippen LogP contribution in [0.4, 0.5) is 0 Å². The summed E-state index contributed by atoms with van der Waals surface area (Å²) in [7, 11) is 1.60. The lowest BCUT2D eigenvalue weighted by Crippen LogP contribution is -2.56. The minimum atomic E-state index is -0.479. The number of benzene rings is 1. The van der Waals surface area contributed by atoms with Crippen LogP contribution in [0.1, 0.15) is 31.1 Å². The van der Waals surface area contributed by atoms with Crippen LogP contribution >= 0.6 is 0 Å². The summed E-state index contributed by atoms with van der Waals surface area (Å²) in [6.45, 7) is 10.2. The Bertz CT molecular complexity index is 632. The predicted molar refractivity (Wildman–Crippen MR) is 106 cm³/mol. The number of amides is 2. The summed E-state index contributed by atoms with van der Waals surface area (Å²) in [5.41, 5.74) is 6.46. The molecule has 27 heavy (non-hydrogen) atoms. The Kier molecular flexibility index (Phi) is 7.21. The van der Waals surface area contributed by atoms with Crippen LogP contribution in [0.2, 0.25) is 0 Å². The third-order valence-electron chi connectivity index (χ3n) is 4.95. The van der Waals surface area contributed by atoms with Gasteiger partial charge in [-0.1, -0.05) is 20.8 Å². The zero-order valence-electron chi connectivity index (χ0n) is 16.8. The molecule has 1 aromatic rings. The van der Waals surface area contributed by atoms with E-state index >= 15 is 0 Å². The first-order chi connectivity index (χ1) is 12.7. The van der Waals surface area contributed by atoms with Gasteiger partial charge in [-0.15, -0.1) is 0 Å². The van der Waals surface area contributed by atoms with E-state index in [2.05, 4.69) is 10.2 Å². The monoisotopic (exact) mass is 376 g/mol. The van der Waals surface area contributed by atoms with Gasteiger partial charge in [0.05, 0.1) is 13.2 Å². The van der Waals surface area contributed by atoms with Crippen LogP contribution in [0.15, 0.2) is 24.3 Å². The number of rotatable bonds is 6. The first-order valence-corrected chi connectivity index (χ1v) is 9.41. The summed E-state index contributed by atoms with van der Waals surface area (Å²) < 4.78 is 5.09. The second-order valence-electron chi connectivity index (χ2n) is 8.00. The Morgan fingerprint density at radius 3 is 2.26 bits per heavy atom. The molecule has 1 aliphatic rings. The van der Waals surface area contributed by atoms with Crippen molar-refractivity contribution >= 4 is 11.8 Å². The Morgan fingerprint density at radius 2 is 1.74 bits per heavy atom. The largest absolute Gasteiger partial charge is 0.497 e. The first kappa shape index (κ1) is 21.2. The van der Waals surface area contributed by atoms with Crippen molar-refractivity contribution in [2.45, 2.75) is 26.8 Å². The lowest BCUT2D eigenvalue weighted by Gasteiger charge is -2.38. The van der Waals surface area contributed by atoms with Crippen molar-refractivity contribution < 1.29 is 14.3 Å². The van der Waals surface area contributed by atoms with Gasteiger partial charge >= 0.3 is 0 Å². The molecule has 0 unspecified atom stereocenters. The summed E-state index contributed by atoms with van der Waals surface area (Å²) in [6, 6.07) is 6.56. The van der Waals surface area contributed by atoms with Gasteiger partial charge in [-0.25, -0.2) is 0 Å². The molecule has 0 radical (unpaired) electrons. The van der Waals surface area contributed by atoms with Crippen LogP contribution in [0.3, 0.4) is 0 Å². The van der Waals surface area contributed by atoms with E-state index in [1.807, 2.05) is 25.7 Å². The van der Waals surface area contributed by atoms with Crippen molar-refractivity contribution in [1.82, 2.24) is 15.1 Å². The van der Waals surface area contributed by atoms with E-state index in [1.165, 1.54) is 0 Å². The van der Waals surface area contributed by atoms with Gasteiger partial charge in [0.25, 0.3) is 5.91 Å². The summed E-state index contributed by atoms with van der Waals surface area (Å²) in [5, 5.41) is 2.93. The van der Waals surface area contributed by atoms with E-state index in [1.54, 1.807) is 31.4 Å². The highest BCUT2D eigenvalue weighted by Crippen LogP contribution is 2.19. The number of nitrogens with one attached hydrogen (secondary N) is 1. The zero-order valence-corrected chi connectivity index (χ0v) is 16.8. The molecule has 7 nitrogen and oxygen atoms in total. The molecule has 0 aromatic heterocycles. The van der Waals surface area contributed by atoms with E-state index in [0.717, 1.165) is 25.4 Å². The Hall–Kier alpha value is -2.12. The molecule has 2 rings (SSSR count). The van der Waals surface area contributed by atoms with Crippen molar-refractivity contribution in [3.05, 3.63) is 29.8 Å². The first-order valence-electron chi connectivity index (χ1n) is 9.41. The number of ether oxygens (including phenoxy) is 1.